The van der Waals surface area contributed by atoms with Crippen LogP contribution in [-0.2, 0) is 13.5 Å². The normalized spacial score (nSPS) is 12.2. The number of hydrogen-bond donors (Lipinski definition) is 1. The van der Waals surface area contributed by atoms with Gasteiger partial charge < -0.3 is 5.32 Å². The van der Waals surface area contributed by atoms with Crippen LogP contribution in [0.15, 0.2) is 18.3 Å². The summed E-state index contributed by atoms with van der Waals surface area (Å²) in [6, 6.07) is 3.27. The zero-order chi connectivity index (χ0) is 15.6. The second-order valence-corrected chi connectivity index (χ2v) is 5.65. The van der Waals surface area contributed by atoms with Gasteiger partial charge in [0.2, 0.25) is 0 Å². The number of nitrogens with zero attached hydrogens (tertiary/aromatic N) is 3. The minimum Gasteiger partial charge on any atom is -0.348 e. The van der Waals surface area contributed by atoms with E-state index in [1.165, 1.54) is 11.8 Å². The molecule has 0 aliphatic rings. The van der Waals surface area contributed by atoms with Gasteiger partial charge in [-0.25, -0.2) is 4.98 Å². The lowest BCUT2D eigenvalue weighted by molar-refractivity contribution is 0.0935. The topological polar surface area (TPSA) is 59.8 Å². The standard InChI is InChI=1S/C15H19ClN4O/c1-9(7-13-10(2)19-20(4)11(13)3)18-15(21)14-6-5-12(16)8-17-14/h5-6,8-9H,7H2,1-4H3,(H,18,21). The molecule has 1 N–H and O–H groups in total. The molecule has 0 fully saturated rings. The molecule has 1 amide bonds. The van der Waals surface area contributed by atoms with Crippen LogP contribution in [0.1, 0.15) is 34.4 Å². The first-order chi connectivity index (χ1) is 9.88. The molecule has 2 heterocycles. The molecule has 2 rings (SSSR count). The van der Waals surface area contributed by atoms with Crippen LogP contribution < -0.4 is 5.32 Å². The summed E-state index contributed by atoms with van der Waals surface area (Å²) in [6.07, 6.45) is 2.21. The Balaban J connectivity index is 2.03. The quantitative estimate of drug-likeness (QED) is 0.944. The minimum absolute atomic E-state index is 0.00317. The molecule has 0 spiro atoms. The maximum Gasteiger partial charge on any atom is 0.270 e. The molecular formula is C15H19ClN4O. The van der Waals surface area contributed by atoms with Gasteiger partial charge in [0.05, 0.1) is 10.7 Å². The van der Waals surface area contributed by atoms with E-state index in [2.05, 4.69) is 15.4 Å². The molecule has 2 aromatic rings. The molecule has 0 saturated heterocycles. The first-order valence-corrected chi connectivity index (χ1v) is 7.17. The first-order valence-electron chi connectivity index (χ1n) is 6.80. The molecule has 0 saturated carbocycles. The smallest absolute Gasteiger partial charge is 0.270 e. The lowest BCUT2D eigenvalue weighted by Gasteiger charge is -2.14. The van der Waals surface area contributed by atoms with Gasteiger partial charge in [-0.1, -0.05) is 11.6 Å². The lowest BCUT2D eigenvalue weighted by Crippen LogP contribution is -2.34. The van der Waals surface area contributed by atoms with E-state index in [9.17, 15) is 4.79 Å². The van der Waals surface area contributed by atoms with Crippen molar-refractivity contribution >= 4 is 17.5 Å². The summed E-state index contributed by atoms with van der Waals surface area (Å²) in [4.78, 5) is 16.1. The average Bonchev–Trinajstić information content (AvgIpc) is 2.66. The van der Waals surface area contributed by atoms with E-state index < -0.39 is 0 Å². The summed E-state index contributed by atoms with van der Waals surface area (Å²) in [5, 5.41) is 7.85. The molecule has 2 aromatic heterocycles. The van der Waals surface area contributed by atoms with E-state index in [1.54, 1.807) is 12.1 Å². The van der Waals surface area contributed by atoms with Crippen molar-refractivity contribution in [2.45, 2.75) is 33.2 Å². The highest BCUT2D eigenvalue weighted by atomic mass is 35.5. The van der Waals surface area contributed by atoms with Crippen molar-refractivity contribution in [3.05, 3.63) is 46.0 Å². The van der Waals surface area contributed by atoms with Crippen LogP contribution in [0.3, 0.4) is 0 Å². The minimum atomic E-state index is -0.196. The van der Waals surface area contributed by atoms with Crippen molar-refractivity contribution in [1.29, 1.82) is 0 Å². The third-order valence-corrected chi connectivity index (χ3v) is 3.73. The second-order valence-electron chi connectivity index (χ2n) is 5.21. The summed E-state index contributed by atoms with van der Waals surface area (Å²) < 4.78 is 1.86. The number of nitrogens with one attached hydrogen (secondary N) is 1. The number of hydrogen-bond acceptors (Lipinski definition) is 3. The number of aryl methyl sites for hydroxylation is 2. The molecule has 21 heavy (non-hydrogen) atoms. The van der Waals surface area contributed by atoms with Crippen molar-refractivity contribution in [3.63, 3.8) is 0 Å². The summed E-state index contributed by atoms with van der Waals surface area (Å²) in [7, 11) is 1.92. The van der Waals surface area contributed by atoms with Gasteiger partial charge in [-0.05, 0) is 44.9 Å². The predicted octanol–water partition coefficient (Wildman–Crippen LogP) is 2.45. The summed E-state index contributed by atoms with van der Waals surface area (Å²) in [6.45, 7) is 5.99. The second kappa shape index (κ2) is 6.26. The Hall–Kier alpha value is -1.88. The number of halogens is 1. The highest BCUT2D eigenvalue weighted by molar-refractivity contribution is 6.30. The molecule has 0 aliphatic carbocycles. The Kier molecular flexibility index (Phi) is 4.63. The van der Waals surface area contributed by atoms with Crippen molar-refractivity contribution < 1.29 is 4.79 Å². The summed E-state index contributed by atoms with van der Waals surface area (Å²) in [5.74, 6) is -0.196. The Morgan fingerprint density at radius 1 is 1.43 bits per heavy atom. The van der Waals surface area contributed by atoms with E-state index in [4.69, 9.17) is 11.6 Å². The maximum absolute atomic E-state index is 12.1. The number of amides is 1. The van der Waals surface area contributed by atoms with Crippen LogP contribution in [0, 0.1) is 13.8 Å². The number of carbonyl (C=O) groups is 1. The maximum atomic E-state index is 12.1. The molecule has 0 aliphatic heterocycles. The monoisotopic (exact) mass is 306 g/mol. The Morgan fingerprint density at radius 3 is 2.67 bits per heavy atom. The Morgan fingerprint density at radius 2 is 2.14 bits per heavy atom. The fourth-order valence-electron chi connectivity index (χ4n) is 2.28. The molecular weight excluding hydrogens is 288 g/mol. The van der Waals surface area contributed by atoms with E-state index in [0.29, 0.717) is 10.7 Å². The summed E-state index contributed by atoms with van der Waals surface area (Å²) >= 11 is 5.76. The van der Waals surface area contributed by atoms with Crippen LogP contribution >= 0.6 is 11.6 Å². The predicted molar refractivity (Wildman–Crippen MR) is 82.6 cm³/mol. The lowest BCUT2D eigenvalue weighted by atomic mass is 10.1. The molecule has 1 unspecified atom stereocenters. The number of carbonyl (C=O) groups excluding carboxylic acids is 1. The van der Waals surface area contributed by atoms with E-state index in [-0.39, 0.29) is 11.9 Å². The van der Waals surface area contributed by atoms with Gasteiger partial charge in [-0.15, -0.1) is 0 Å². The zero-order valence-corrected chi connectivity index (χ0v) is 13.4. The Labute approximate surface area is 129 Å². The number of aromatic nitrogens is 3. The molecule has 0 aromatic carbocycles. The van der Waals surface area contributed by atoms with Gasteiger partial charge >= 0.3 is 0 Å². The molecule has 1 atom stereocenters. The van der Waals surface area contributed by atoms with E-state index in [0.717, 1.165) is 17.8 Å². The van der Waals surface area contributed by atoms with E-state index >= 15 is 0 Å². The zero-order valence-electron chi connectivity index (χ0n) is 12.6. The largest absolute Gasteiger partial charge is 0.348 e. The average molecular weight is 307 g/mol. The van der Waals surface area contributed by atoms with Crippen molar-refractivity contribution in [2.75, 3.05) is 0 Å². The van der Waals surface area contributed by atoms with Crippen molar-refractivity contribution in [1.82, 2.24) is 20.1 Å². The molecule has 6 heteroatoms. The molecule has 0 bridgehead atoms. The van der Waals surface area contributed by atoms with Crippen molar-refractivity contribution in [3.8, 4) is 0 Å². The highest BCUT2D eigenvalue weighted by Gasteiger charge is 2.16. The van der Waals surface area contributed by atoms with E-state index in [1.807, 2.05) is 32.5 Å². The third-order valence-electron chi connectivity index (χ3n) is 3.51. The molecule has 0 radical (unpaired) electrons. The van der Waals surface area contributed by atoms with Gasteiger partial charge in [0.1, 0.15) is 5.69 Å². The SMILES string of the molecule is Cc1nn(C)c(C)c1CC(C)NC(=O)c1ccc(Cl)cn1. The van der Waals surface area contributed by atoms with Gasteiger partial charge in [0.25, 0.3) is 5.91 Å². The number of rotatable bonds is 4. The molecule has 112 valence electrons. The van der Waals surface area contributed by atoms with Crippen LogP contribution in [0.25, 0.3) is 0 Å². The first kappa shape index (κ1) is 15.5. The van der Waals surface area contributed by atoms with Gasteiger partial charge in [-0.2, -0.15) is 5.10 Å². The van der Waals surface area contributed by atoms with Crippen LogP contribution in [0.5, 0.6) is 0 Å². The third kappa shape index (κ3) is 3.61. The fourth-order valence-corrected chi connectivity index (χ4v) is 2.39. The van der Waals surface area contributed by atoms with Crippen LogP contribution in [-0.4, -0.2) is 26.7 Å². The van der Waals surface area contributed by atoms with Gasteiger partial charge in [-0.3, -0.25) is 9.48 Å². The van der Waals surface area contributed by atoms with Gasteiger partial charge in [0, 0.05) is 25.0 Å². The van der Waals surface area contributed by atoms with Crippen LogP contribution in [0.2, 0.25) is 5.02 Å². The van der Waals surface area contributed by atoms with Gasteiger partial charge in [0.15, 0.2) is 0 Å². The molecule has 5 nitrogen and oxygen atoms in total. The summed E-state index contributed by atoms with van der Waals surface area (Å²) in [5.41, 5.74) is 3.67. The van der Waals surface area contributed by atoms with Crippen molar-refractivity contribution in [2.24, 2.45) is 7.05 Å². The van der Waals surface area contributed by atoms with Crippen LogP contribution in [0.4, 0.5) is 0 Å². The number of pyridine rings is 1. The Bertz CT molecular complexity index is 648. The highest BCUT2D eigenvalue weighted by Crippen LogP contribution is 2.14. The fraction of sp³-hybridized carbons (Fsp3) is 0.400.